The fourth-order valence-electron chi connectivity index (χ4n) is 3.04. The second-order valence-corrected chi connectivity index (χ2v) is 7.45. The topological polar surface area (TPSA) is 59.0 Å². The lowest BCUT2D eigenvalue weighted by Crippen LogP contribution is -2.30. The van der Waals surface area contributed by atoms with E-state index in [0.717, 1.165) is 28.3 Å². The van der Waals surface area contributed by atoms with Crippen LogP contribution in [0, 0.1) is 13.8 Å². The van der Waals surface area contributed by atoms with Gasteiger partial charge in [0.15, 0.2) is 0 Å². The van der Waals surface area contributed by atoms with Crippen LogP contribution in [0.25, 0.3) is 5.69 Å². The van der Waals surface area contributed by atoms with Crippen LogP contribution in [-0.4, -0.2) is 22.2 Å². The van der Waals surface area contributed by atoms with Crippen LogP contribution in [0.2, 0.25) is 10.0 Å². The third kappa shape index (κ3) is 4.55. The maximum atomic E-state index is 12.5. The summed E-state index contributed by atoms with van der Waals surface area (Å²) in [6, 6.07) is 15.1. The summed E-state index contributed by atoms with van der Waals surface area (Å²) in [6.45, 7) is 5.92. The number of amides is 1. The molecule has 0 aliphatic carbocycles. The normalized spacial score (nSPS) is 12.0. The molecule has 3 rings (SSSR count). The summed E-state index contributed by atoms with van der Waals surface area (Å²) in [5.74, 6) is -0.143. The van der Waals surface area contributed by atoms with Crippen LogP contribution in [0.15, 0.2) is 48.5 Å². The maximum Gasteiger partial charge on any atom is 0.238 e. The zero-order valence-corrected chi connectivity index (χ0v) is 17.5. The SMILES string of the molecule is Cc1nn(-c2ccccc2)c(C)c1NC(=O)CN[C@@H](C)c1ccc(Cl)cc1Cl. The van der Waals surface area contributed by atoms with Gasteiger partial charge in [-0.05, 0) is 50.6 Å². The Kier molecular flexibility index (Phi) is 6.39. The van der Waals surface area contributed by atoms with E-state index in [-0.39, 0.29) is 18.5 Å². The Morgan fingerprint density at radius 3 is 2.54 bits per heavy atom. The molecule has 1 amide bonds. The molecule has 0 radical (unpaired) electrons. The number of anilines is 1. The summed E-state index contributed by atoms with van der Waals surface area (Å²) in [7, 11) is 0. The Hall–Kier alpha value is -2.34. The van der Waals surface area contributed by atoms with Gasteiger partial charge in [-0.2, -0.15) is 5.10 Å². The monoisotopic (exact) mass is 416 g/mol. The van der Waals surface area contributed by atoms with Gasteiger partial charge < -0.3 is 10.6 Å². The molecule has 5 nitrogen and oxygen atoms in total. The molecule has 0 unspecified atom stereocenters. The van der Waals surface area contributed by atoms with E-state index in [4.69, 9.17) is 23.2 Å². The van der Waals surface area contributed by atoms with Crippen molar-refractivity contribution < 1.29 is 4.79 Å². The van der Waals surface area contributed by atoms with E-state index >= 15 is 0 Å². The van der Waals surface area contributed by atoms with Crippen molar-refractivity contribution in [1.82, 2.24) is 15.1 Å². The average Bonchev–Trinajstić information content (AvgIpc) is 2.95. The molecule has 0 saturated heterocycles. The number of para-hydroxylation sites is 1. The number of aromatic nitrogens is 2. The highest BCUT2D eigenvalue weighted by Crippen LogP contribution is 2.26. The van der Waals surface area contributed by atoms with Gasteiger partial charge in [-0.3, -0.25) is 4.79 Å². The van der Waals surface area contributed by atoms with Gasteiger partial charge in [-0.1, -0.05) is 47.5 Å². The first-order valence-electron chi connectivity index (χ1n) is 8.96. The lowest BCUT2D eigenvalue weighted by atomic mass is 10.1. The zero-order chi connectivity index (χ0) is 20.3. The van der Waals surface area contributed by atoms with Crippen molar-refractivity contribution in [3.8, 4) is 5.69 Å². The van der Waals surface area contributed by atoms with Gasteiger partial charge >= 0.3 is 0 Å². The molecule has 0 saturated carbocycles. The van der Waals surface area contributed by atoms with Gasteiger partial charge in [0.05, 0.1) is 29.3 Å². The molecule has 2 N–H and O–H groups in total. The summed E-state index contributed by atoms with van der Waals surface area (Å²) in [5, 5.41) is 11.9. The van der Waals surface area contributed by atoms with E-state index in [2.05, 4.69) is 15.7 Å². The van der Waals surface area contributed by atoms with Crippen molar-refractivity contribution in [2.24, 2.45) is 0 Å². The molecule has 1 aromatic heterocycles. The quantitative estimate of drug-likeness (QED) is 0.588. The van der Waals surface area contributed by atoms with Crippen molar-refractivity contribution >= 4 is 34.8 Å². The number of halogens is 2. The minimum absolute atomic E-state index is 0.0928. The Labute approximate surface area is 174 Å². The lowest BCUT2D eigenvalue weighted by Gasteiger charge is -2.16. The predicted octanol–water partition coefficient (Wildman–Crippen LogP) is 5.09. The molecule has 7 heteroatoms. The van der Waals surface area contributed by atoms with E-state index < -0.39 is 0 Å². The van der Waals surface area contributed by atoms with Crippen molar-refractivity contribution in [2.75, 3.05) is 11.9 Å². The number of hydrogen-bond donors (Lipinski definition) is 2. The number of carbonyl (C=O) groups excluding carboxylic acids is 1. The molecule has 3 aromatic rings. The van der Waals surface area contributed by atoms with Gasteiger partial charge in [0.2, 0.25) is 5.91 Å². The summed E-state index contributed by atoms with van der Waals surface area (Å²) >= 11 is 12.2. The number of hydrogen-bond acceptors (Lipinski definition) is 3. The molecule has 0 bridgehead atoms. The fraction of sp³-hybridized carbons (Fsp3) is 0.238. The number of nitrogens with zero attached hydrogens (tertiary/aromatic N) is 2. The van der Waals surface area contributed by atoms with Gasteiger partial charge in [0.1, 0.15) is 0 Å². The van der Waals surface area contributed by atoms with Crippen LogP contribution in [0.4, 0.5) is 5.69 Å². The van der Waals surface area contributed by atoms with E-state index in [0.29, 0.717) is 10.0 Å². The molecular weight excluding hydrogens is 395 g/mol. The van der Waals surface area contributed by atoms with Crippen LogP contribution in [0.1, 0.15) is 29.9 Å². The van der Waals surface area contributed by atoms with Crippen LogP contribution in [-0.2, 0) is 4.79 Å². The molecule has 1 atom stereocenters. The fourth-order valence-corrected chi connectivity index (χ4v) is 3.61. The number of benzene rings is 2. The Balaban J connectivity index is 1.66. The van der Waals surface area contributed by atoms with Crippen LogP contribution in [0.5, 0.6) is 0 Å². The first-order chi connectivity index (χ1) is 13.4. The third-order valence-corrected chi connectivity index (χ3v) is 5.12. The highest BCUT2D eigenvalue weighted by atomic mass is 35.5. The molecule has 1 heterocycles. The Bertz CT molecular complexity index is 986. The van der Waals surface area contributed by atoms with Crippen molar-refractivity contribution in [3.05, 3.63) is 75.5 Å². The van der Waals surface area contributed by atoms with Gasteiger partial charge in [-0.15, -0.1) is 0 Å². The third-order valence-electron chi connectivity index (χ3n) is 4.55. The second kappa shape index (κ2) is 8.78. The number of carbonyl (C=O) groups is 1. The van der Waals surface area contributed by atoms with E-state index in [9.17, 15) is 4.79 Å². The number of nitrogens with one attached hydrogen (secondary N) is 2. The first kappa shape index (κ1) is 20.4. The molecule has 2 aromatic carbocycles. The van der Waals surface area contributed by atoms with Crippen molar-refractivity contribution in [1.29, 1.82) is 0 Å². The summed E-state index contributed by atoms with van der Waals surface area (Å²) in [6.07, 6.45) is 0. The first-order valence-corrected chi connectivity index (χ1v) is 9.72. The molecule has 28 heavy (non-hydrogen) atoms. The van der Waals surface area contributed by atoms with E-state index in [1.807, 2.05) is 61.9 Å². The minimum atomic E-state index is -0.143. The largest absolute Gasteiger partial charge is 0.322 e. The number of aryl methyl sites for hydroxylation is 1. The highest BCUT2D eigenvalue weighted by molar-refractivity contribution is 6.35. The summed E-state index contributed by atoms with van der Waals surface area (Å²) < 4.78 is 1.83. The lowest BCUT2D eigenvalue weighted by molar-refractivity contribution is -0.115. The Morgan fingerprint density at radius 2 is 1.86 bits per heavy atom. The molecule has 0 aliphatic rings. The zero-order valence-electron chi connectivity index (χ0n) is 16.0. The molecule has 146 valence electrons. The maximum absolute atomic E-state index is 12.5. The standard InChI is InChI=1S/C21H22Cl2N4O/c1-13(18-10-9-16(22)11-19(18)23)24-12-20(28)25-21-14(2)26-27(15(21)3)17-7-5-4-6-8-17/h4-11,13,24H,12H2,1-3H3,(H,25,28)/t13-/m0/s1. The van der Waals surface area contributed by atoms with Gasteiger partial charge in [-0.25, -0.2) is 4.68 Å². The molecule has 0 spiro atoms. The Morgan fingerprint density at radius 1 is 1.14 bits per heavy atom. The molecule has 0 fully saturated rings. The summed E-state index contributed by atoms with van der Waals surface area (Å²) in [5.41, 5.74) is 4.22. The smallest absolute Gasteiger partial charge is 0.238 e. The van der Waals surface area contributed by atoms with Gasteiger partial charge in [0.25, 0.3) is 0 Å². The predicted molar refractivity (Wildman–Crippen MR) is 115 cm³/mol. The second-order valence-electron chi connectivity index (χ2n) is 6.61. The molecule has 0 aliphatic heterocycles. The van der Waals surface area contributed by atoms with Crippen molar-refractivity contribution in [2.45, 2.75) is 26.8 Å². The average molecular weight is 417 g/mol. The van der Waals surface area contributed by atoms with Crippen molar-refractivity contribution in [3.63, 3.8) is 0 Å². The number of rotatable bonds is 6. The van der Waals surface area contributed by atoms with Gasteiger partial charge in [0, 0.05) is 16.1 Å². The van der Waals surface area contributed by atoms with Crippen LogP contribution < -0.4 is 10.6 Å². The van der Waals surface area contributed by atoms with E-state index in [1.165, 1.54) is 0 Å². The summed E-state index contributed by atoms with van der Waals surface area (Å²) in [4.78, 5) is 12.5. The minimum Gasteiger partial charge on any atom is -0.322 e. The molecular formula is C21H22Cl2N4O. The van der Waals surface area contributed by atoms with Crippen LogP contribution in [0.3, 0.4) is 0 Å². The van der Waals surface area contributed by atoms with E-state index in [1.54, 1.807) is 12.1 Å². The van der Waals surface area contributed by atoms with Crippen LogP contribution >= 0.6 is 23.2 Å². The highest BCUT2D eigenvalue weighted by Gasteiger charge is 2.16.